The number of aryl methyl sites for hydroxylation is 1. The summed E-state index contributed by atoms with van der Waals surface area (Å²) >= 11 is 1.25. The molecule has 0 saturated carbocycles. The lowest BCUT2D eigenvalue weighted by atomic mass is 10.2. The fraction of sp³-hybridized carbons (Fsp3) is 0.300. The summed E-state index contributed by atoms with van der Waals surface area (Å²) in [5.41, 5.74) is 2.12. The molecule has 1 N–H and O–H groups in total. The molecule has 140 valence electrons. The number of rotatable bonds is 6. The molecule has 6 nitrogen and oxygen atoms in total. The van der Waals surface area contributed by atoms with Crippen molar-refractivity contribution in [2.45, 2.75) is 32.5 Å². The van der Waals surface area contributed by atoms with Crippen LogP contribution < -0.4 is 10.9 Å². The van der Waals surface area contributed by atoms with Gasteiger partial charge in [-0.15, -0.1) is 0 Å². The average molecular weight is 382 g/mol. The maximum Gasteiger partial charge on any atom is 0.263 e. The summed E-state index contributed by atoms with van der Waals surface area (Å²) in [5, 5.41) is 3.88. The highest BCUT2D eigenvalue weighted by molar-refractivity contribution is 7.99. The van der Waals surface area contributed by atoms with Crippen LogP contribution in [0.4, 0.5) is 5.69 Å². The summed E-state index contributed by atoms with van der Waals surface area (Å²) in [5.74, 6) is 0.299. The zero-order chi connectivity index (χ0) is 19.4. The standard InChI is InChI=1S/C20H22N4O2S/c1-13(2)11-24-19(26)16-8-5-9-21-18(16)23-20(24)27-12-17(25)22-15-7-4-6-14(3)10-15/h4-10,13H,11-12H2,1-3H3,(H,22,25). The van der Waals surface area contributed by atoms with E-state index in [0.29, 0.717) is 22.7 Å². The summed E-state index contributed by atoms with van der Waals surface area (Å²) in [4.78, 5) is 33.8. The van der Waals surface area contributed by atoms with Crippen molar-refractivity contribution in [3.05, 3.63) is 58.5 Å². The first kappa shape index (κ1) is 19.1. The van der Waals surface area contributed by atoms with Crippen LogP contribution in [0.5, 0.6) is 0 Å². The van der Waals surface area contributed by atoms with Crippen LogP contribution in [0, 0.1) is 12.8 Å². The Balaban J connectivity index is 1.82. The van der Waals surface area contributed by atoms with Crippen molar-refractivity contribution in [3.63, 3.8) is 0 Å². The first-order valence-corrected chi connectivity index (χ1v) is 9.77. The summed E-state index contributed by atoms with van der Waals surface area (Å²) in [6.07, 6.45) is 1.61. The topological polar surface area (TPSA) is 76.9 Å². The highest BCUT2D eigenvalue weighted by atomic mass is 32.2. The minimum Gasteiger partial charge on any atom is -0.325 e. The Labute approximate surface area is 162 Å². The second-order valence-electron chi connectivity index (χ2n) is 6.78. The Morgan fingerprint density at radius 2 is 2.07 bits per heavy atom. The molecule has 0 fully saturated rings. The van der Waals surface area contributed by atoms with Gasteiger partial charge in [0.05, 0.1) is 11.1 Å². The maximum absolute atomic E-state index is 12.8. The molecule has 2 heterocycles. The summed E-state index contributed by atoms with van der Waals surface area (Å²) in [6.45, 7) is 6.59. The number of aromatic nitrogens is 3. The van der Waals surface area contributed by atoms with Gasteiger partial charge in [-0.25, -0.2) is 9.97 Å². The zero-order valence-electron chi connectivity index (χ0n) is 15.6. The SMILES string of the molecule is Cc1cccc(NC(=O)CSc2nc3ncccc3c(=O)n2CC(C)C)c1. The van der Waals surface area contributed by atoms with Crippen molar-refractivity contribution < 1.29 is 4.79 Å². The molecule has 0 atom stereocenters. The molecular formula is C20H22N4O2S. The van der Waals surface area contributed by atoms with Crippen molar-refractivity contribution in [3.8, 4) is 0 Å². The number of hydrogen-bond donors (Lipinski definition) is 1. The smallest absolute Gasteiger partial charge is 0.263 e. The molecule has 3 aromatic rings. The molecule has 0 aliphatic rings. The van der Waals surface area contributed by atoms with Gasteiger partial charge in [0.15, 0.2) is 10.8 Å². The number of carbonyl (C=O) groups excluding carboxylic acids is 1. The van der Waals surface area contributed by atoms with Crippen LogP contribution in [0.2, 0.25) is 0 Å². The lowest BCUT2D eigenvalue weighted by Gasteiger charge is -2.14. The molecular weight excluding hydrogens is 360 g/mol. The van der Waals surface area contributed by atoms with E-state index in [0.717, 1.165) is 11.3 Å². The lowest BCUT2D eigenvalue weighted by molar-refractivity contribution is -0.113. The molecule has 0 bridgehead atoms. The van der Waals surface area contributed by atoms with E-state index in [1.165, 1.54) is 11.8 Å². The highest BCUT2D eigenvalue weighted by Crippen LogP contribution is 2.19. The monoisotopic (exact) mass is 382 g/mol. The molecule has 27 heavy (non-hydrogen) atoms. The van der Waals surface area contributed by atoms with Gasteiger partial charge in [0.25, 0.3) is 5.56 Å². The van der Waals surface area contributed by atoms with Gasteiger partial charge in [-0.1, -0.05) is 37.7 Å². The van der Waals surface area contributed by atoms with Crippen LogP contribution in [-0.2, 0) is 11.3 Å². The molecule has 2 aromatic heterocycles. The summed E-state index contributed by atoms with van der Waals surface area (Å²) in [7, 11) is 0. The van der Waals surface area contributed by atoms with Gasteiger partial charge in [0.1, 0.15) is 0 Å². The highest BCUT2D eigenvalue weighted by Gasteiger charge is 2.15. The number of fused-ring (bicyclic) bond motifs is 1. The van der Waals surface area contributed by atoms with Gasteiger partial charge in [0.2, 0.25) is 5.91 Å². The number of hydrogen-bond acceptors (Lipinski definition) is 5. The number of nitrogens with one attached hydrogen (secondary N) is 1. The Kier molecular flexibility index (Phi) is 5.91. The first-order chi connectivity index (χ1) is 12.9. The number of anilines is 1. The normalized spacial score (nSPS) is 11.1. The number of nitrogens with zero attached hydrogens (tertiary/aromatic N) is 3. The fourth-order valence-electron chi connectivity index (χ4n) is 2.72. The average Bonchev–Trinajstić information content (AvgIpc) is 2.62. The van der Waals surface area contributed by atoms with Gasteiger partial charge >= 0.3 is 0 Å². The Morgan fingerprint density at radius 1 is 1.26 bits per heavy atom. The van der Waals surface area contributed by atoms with Crippen molar-refractivity contribution in [1.29, 1.82) is 0 Å². The molecule has 0 aliphatic carbocycles. The minimum absolute atomic E-state index is 0.122. The van der Waals surface area contributed by atoms with Crippen LogP contribution in [0.1, 0.15) is 19.4 Å². The largest absolute Gasteiger partial charge is 0.325 e. The van der Waals surface area contributed by atoms with E-state index in [1.807, 2.05) is 45.0 Å². The number of benzene rings is 1. The lowest BCUT2D eigenvalue weighted by Crippen LogP contribution is -2.26. The van der Waals surface area contributed by atoms with E-state index in [4.69, 9.17) is 0 Å². The van der Waals surface area contributed by atoms with Crippen molar-refractivity contribution in [1.82, 2.24) is 14.5 Å². The molecule has 0 unspecified atom stereocenters. The van der Waals surface area contributed by atoms with Gasteiger partial charge in [0, 0.05) is 18.4 Å². The third kappa shape index (κ3) is 4.74. The van der Waals surface area contributed by atoms with Crippen LogP contribution in [0.3, 0.4) is 0 Å². The Bertz CT molecular complexity index is 1030. The predicted molar refractivity (Wildman–Crippen MR) is 109 cm³/mol. The molecule has 1 aromatic carbocycles. The second-order valence-corrected chi connectivity index (χ2v) is 7.73. The molecule has 7 heteroatoms. The van der Waals surface area contributed by atoms with Crippen LogP contribution in [0.15, 0.2) is 52.5 Å². The van der Waals surface area contributed by atoms with Crippen LogP contribution in [-0.4, -0.2) is 26.2 Å². The third-order valence-electron chi connectivity index (χ3n) is 3.88. The van der Waals surface area contributed by atoms with Crippen LogP contribution in [0.25, 0.3) is 11.0 Å². The number of thioether (sulfide) groups is 1. The van der Waals surface area contributed by atoms with E-state index >= 15 is 0 Å². The molecule has 0 aliphatic heterocycles. The predicted octanol–water partition coefficient (Wildman–Crippen LogP) is 3.49. The minimum atomic E-state index is -0.142. The number of pyridine rings is 1. The molecule has 0 radical (unpaired) electrons. The Hall–Kier alpha value is -2.67. The molecule has 0 spiro atoms. The van der Waals surface area contributed by atoms with Crippen molar-refractivity contribution in [2.75, 3.05) is 11.1 Å². The first-order valence-electron chi connectivity index (χ1n) is 8.79. The number of amides is 1. The van der Waals surface area contributed by atoms with Crippen LogP contribution >= 0.6 is 11.8 Å². The summed E-state index contributed by atoms with van der Waals surface area (Å²) < 4.78 is 1.64. The van der Waals surface area contributed by atoms with Gasteiger partial charge in [-0.05, 0) is 42.7 Å². The van der Waals surface area contributed by atoms with E-state index in [1.54, 1.807) is 22.9 Å². The van der Waals surface area contributed by atoms with E-state index in [9.17, 15) is 9.59 Å². The van der Waals surface area contributed by atoms with E-state index < -0.39 is 0 Å². The van der Waals surface area contributed by atoms with Gasteiger partial charge < -0.3 is 5.32 Å². The second kappa shape index (κ2) is 8.35. The maximum atomic E-state index is 12.8. The zero-order valence-corrected chi connectivity index (χ0v) is 16.4. The molecule has 0 saturated heterocycles. The van der Waals surface area contributed by atoms with Gasteiger partial charge in [-0.3, -0.25) is 14.2 Å². The van der Waals surface area contributed by atoms with Gasteiger partial charge in [-0.2, -0.15) is 0 Å². The molecule has 1 amide bonds. The quantitative estimate of drug-likeness (QED) is 0.522. The molecule has 3 rings (SSSR count). The summed E-state index contributed by atoms with van der Waals surface area (Å²) in [6, 6.07) is 11.1. The Morgan fingerprint density at radius 3 is 2.81 bits per heavy atom. The number of carbonyl (C=O) groups is 1. The fourth-order valence-corrected chi connectivity index (χ4v) is 3.52. The van der Waals surface area contributed by atoms with Crippen molar-refractivity contribution in [2.24, 2.45) is 5.92 Å². The third-order valence-corrected chi connectivity index (χ3v) is 4.85. The van der Waals surface area contributed by atoms with E-state index in [2.05, 4.69) is 15.3 Å². The van der Waals surface area contributed by atoms with E-state index in [-0.39, 0.29) is 23.1 Å². The van der Waals surface area contributed by atoms with Crippen molar-refractivity contribution >= 4 is 34.4 Å².